The van der Waals surface area contributed by atoms with E-state index >= 15 is 0 Å². The SMILES string of the molecule is CNC(Cc1ccc(-c2noc(-c3ccc4ccccc4c3)n2)cc1)C(=O)O. The number of fused-ring (bicyclic) bond motifs is 1. The maximum atomic E-state index is 11.1. The molecule has 0 bridgehead atoms. The molecule has 1 atom stereocenters. The Morgan fingerprint density at radius 2 is 1.75 bits per heavy atom. The molecule has 0 radical (unpaired) electrons. The zero-order valence-electron chi connectivity index (χ0n) is 15.3. The van der Waals surface area contributed by atoms with E-state index in [1.165, 1.54) is 0 Å². The molecule has 0 saturated heterocycles. The number of carbonyl (C=O) groups is 1. The quantitative estimate of drug-likeness (QED) is 0.535. The fourth-order valence-electron chi connectivity index (χ4n) is 3.12. The average molecular weight is 373 g/mol. The number of likely N-dealkylation sites (N-methyl/N-ethyl adjacent to an activating group) is 1. The van der Waals surface area contributed by atoms with E-state index in [0.29, 0.717) is 18.1 Å². The summed E-state index contributed by atoms with van der Waals surface area (Å²) in [6.07, 6.45) is 0.403. The van der Waals surface area contributed by atoms with Crippen LogP contribution in [0.25, 0.3) is 33.6 Å². The van der Waals surface area contributed by atoms with Crippen molar-refractivity contribution in [1.29, 1.82) is 0 Å². The molecular weight excluding hydrogens is 354 g/mol. The molecule has 1 heterocycles. The topological polar surface area (TPSA) is 88.3 Å². The number of hydrogen-bond acceptors (Lipinski definition) is 5. The van der Waals surface area contributed by atoms with Crippen LogP contribution in [0.3, 0.4) is 0 Å². The zero-order chi connectivity index (χ0) is 19.5. The highest BCUT2D eigenvalue weighted by atomic mass is 16.5. The number of carboxylic acid groups (broad SMARTS) is 1. The zero-order valence-corrected chi connectivity index (χ0v) is 15.3. The molecule has 4 rings (SSSR count). The highest BCUT2D eigenvalue weighted by molar-refractivity contribution is 5.86. The first kappa shape index (κ1) is 17.9. The van der Waals surface area contributed by atoms with E-state index in [1.807, 2.05) is 60.7 Å². The van der Waals surface area contributed by atoms with E-state index in [9.17, 15) is 4.79 Å². The van der Waals surface area contributed by atoms with E-state index < -0.39 is 12.0 Å². The van der Waals surface area contributed by atoms with Gasteiger partial charge in [0.25, 0.3) is 5.89 Å². The van der Waals surface area contributed by atoms with Crippen molar-refractivity contribution >= 4 is 16.7 Å². The summed E-state index contributed by atoms with van der Waals surface area (Å²) in [4.78, 5) is 15.7. The van der Waals surface area contributed by atoms with Gasteiger partial charge in [-0.3, -0.25) is 4.79 Å². The lowest BCUT2D eigenvalue weighted by molar-refractivity contribution is -0.139. The average Bonchev–Trinajstić information content (AvgIpc) is 3.22. The summed E-state index contributed by atoms with van der Waals surface area (Å²) < 4.78 is 5.45. The van der Waals surface area contributed by atoms with Gasteiger partial charge in [-0.15, -0.1) is 0 Å². The van der Waals surface area contributed by atoms with Crippen LogP contribution in [0.5, 0.6) is 0 Å². The first-order valence-electron chi connectivity index (χ1n) is 8.96. The molecule has 3 aromatic carbocycles. The molecular formula is C22H19N3O3. The summed E-state index contributed by atoms with van der Waals surface area (Å²) in [5.41, 5.74) is 2.60. The van der Waals surface area contributed by atoms with E-state index in [1.54, 1.807) is 7.05 Å². The van der Waals surface area contributed by atoms with Gasteiger partial charge in [0.2, 0.25) is 5.82 Å². The second kappa shape index (κ2) is 7.62. The Balaban J connectivity index is 1.56. The fraction of sp³-hybridized carbons (Fsp3) is 0.136. The molecule has 2 N–H and O–H groups in total. The van der Waals surface area contributed by atoms with Gasteiger partial charge in [0.1, 0.15) is 6.04 Å². The smallest absolute Gasteiger partial charge is 0.321 e. The van der Waals surface area contributed by atoms with Gasteiger partial charge in [-0.25, -0.2) is 0 Å². The van der Waals surface area contributed by atoms with Crippen molar-refractivity contribution in [3.8, 4) is 22.8 Å². The number of nitrogens with zero attached hydrogens (tertiary/aromatic N) is 2. The third-order valence-electron chi connectivity index (χ3n) is 4.72. The predicted octanol–water partition coefficient (Wildman–Crippen LogP) is 3.77. The van der Waals surface area contributed by atoms with Crippen LogP contribution in [-0.4, -0.2) is 34.3 Å². The molecule has 6 nitrogen and oxygen atoms in total. The Labute approximate surface area is 161 Å². The van der Waals surface area contributed by atoms with Gasteiger partial charge in [-0.2, -0.15) is 4.98 Å². The normalized spacial score (nSPS) is 12.2. The van der Waals surface area contributed by atoms with Crippen molar-refractivity contribution in [3.63, 3.8) is 0 Å². The molecule has 0 aliphatic carbocycles. The first-order chi connectivity index (χ1) is 13.6. The minimum absolute atomic E-state index is 0.403. The molecule has 4 aromatic rings. The second-order valence-corrected chi connectivity index (χ2v) is 6.57. The monoisotopic (exact) mass is 373 g/mol. The largest absolute Gasteiger partial charge is 0.480 e. The van der Waals surface area contributed by atoms with Crippen LogP contribution in [0.4, 0.5) is 0 Å². The molecule has 0 fully saturated rings. The number of nitrogens with one attached hydrogen (secondary N) is 1. The number of rotatable bonds is 6. The maximum absolute atomic E-state index is 11.1. The minimum Gasteiger partial charge on any atom is -0.480 e. The molecule has 6 heteroatoms. The third kappa shape index (κ3) is 3.63. The van der Waals surface area contributed by atoms with Gasteiger partial charge in [0.15, 0.2) is 0 Å². The van der Waals surface area contributed by atoms with Crippen molar-refractivity contribution in [2.24, 2.45) is 0 Å². The maximum Gasteiger partial charge on any atom is 0.321 e. The predicted molar refractivity (Wildman–Crippen MR) is 107 cm³/mol. The van der Waals surface area contributed by atoms with Crippen molar-refractivity contribution < 1.29 is 14.4 Å². The summed E-state index contributed by atoms with van der Waals surface area (Å²) in [5.74, 6) is 0.0915. The van der Waals surface area contributed by atoms with E-state index in [-0.39, 0.29) is 0 Å². The fourth-order valence-corrected chi connectivity index (χ4v) is 3.12. The van der Waals surface area contributed by atoms with E-state index in [2.05, 4.69) is 21.5 Å². The van der Waals surface area contributed by atoms with Crippen LogP contribution >= 0.6 is 0 Å². The summed E-state index contributed by atoms with van der Waals surface area (Å²) in [6.45, 7) is 0. The van der Waals surface area contributed by atoms with Crippen molar-refractivity contribution in [1.82, 2.24) is 15.5 Å². The Kier molecular flexibility index (Phi) is 4.87. The molecule has 0 aliphatic heterocycles. The van der Waals surface area contributed by atoms with Crippen LogP contribution < -0.4 is 5.32 Å². The third-order valence-corrected chi connectivity index (χ3v) is 4.72. The van der Waals surface area contributed by atoms with Crippen LogP contribution in [0.2, 0.25) is 0 Å². The second-order valence-electron chi connectivity index (χ2n) is 6.57. The standard InChI is InChI=1S/C22H19N3O3/c1-23-19(22(26)27)12-14-6-8-16(9-7-14)20-24-21(28-25-20)18-11-10-15-4-2-3-5-17(15)13-18/h2-11,13,19,23H,12H2,1H3,(H,26,27). The van der Waals surface area contributed by atoms with Gasteiger partial charge >= 0.3 is 5.97 Å². The van der Waals surface area contributed by atoms with Gasteiger partial charge in [-0.05, 0) is 41.9 Å². The Hall–Kier alpha value is -3.51. The lowest BCUT2D eigenvalue weighted by Gasteiger charge is -2.10. The number of carboxylic acids is 1. The number of hydrogen-bond donors (Lipinski definition) is 2. The molecule has 0 saturated carbocycles. The molecule has 140 valence electrons. The number of benzene rings is 3. The molecule has 0 amide bonds. The molecule has 28 heavy (non-hydrogen) atoms. The summed E-state index contributed by atoms with van der Waals surface area (Å²) >= 11 is 0. The van der Waals surface area contributed by atoms with Gasteiger partial charge in [-0.1, -0.05) is 59.8 Å². The van der Waals surface area contributed by atoms with Crippen molar-refractivity contribution in [3.05, 3.63) is 72.3 Å². The first-order valence-corrected chi connectivity index (χ1v) is 8.96. The Morgan fingerprint density at radius 3 is 2.46 bits per heavy atom. The lowest BCUT2D eigenvalue weighted by Crippen LogP contribution is -2.35. The summed E-state index contributed by atoms with van der Waals surface area (Å²) in [6, 6.07) is 21.0. The lowest BCUT2D eigenvalue weighted by atomic mass is 10.0. The van der Waals surface area contributed by atoms with Crippen LogP contribution in [-0.2, 0) is 11.2 Å². The molecule has 0 spiro atoms. The van der Waals surface area contributed by atoms with Gasteiger partial charge in [0.05, 0.1) is 0 Å². The summed E-state index contributed by atoms with van der Waals surface area (Å²) in [7, 11) is 1.64. The van der Waals surface area contributed by atoms with Crippen LogP contribution in [0, 0.1) is 0 Å². The van der Waals surface area contributed by atoms with Gasteiger partial charge < -0.3 is 14.9 Å². The molecule has 1 unspecified atom stereocenters. The number of aromatic nitrogens is 2. The van der Waals surface area contributed by atoms with Crippen molar-refractivity contribution in [2.45, 2.75) is 12.5 Å². The molecule has 0 aliphatic rings. The van der Waals surface area contributed by atoms with E-state index in [0.717, 1.165) is 27.5 Å². The van der Waals surface area contributed by atoms with Crippen molar-refractivity contribution in [2.75, 3.05) is 7.05 Å². The highest BCUT2D eigenvalue weighted by Gasteiger charge is 2.16. The highest BCUT2D eigenvalue weighted by Crippen LogP contribution is 2.25. The van der Waals surface area contributed by atoms with Gasteiger partial charge in [0, 0.05) is 11.1 Å². The number of aliphatic carboxylic acids is 1. The Bertz CT molecular complexity index is 1120. The van der Waals surface area contributed by atoms with Crippen LogP contribution in [0.1, 0.15) is 5.56 Å². The van der Waals surface area contributed by atoms with E-state index in [4.69, 9.17) is 9.63 Å². The summed E-state index contributed by atoms with van der Waals surface area (Å²) in [5, 5.41) is 18.3. The Morgan fingerprint density at radius 1 is 1.04 bits per heavy atom. The molecule has 1 aromatic heterocycles. The minimum atomic E-state index is -0.871. The van der Waals surface area contributed by atoms with Crippen LogP contribution in [0.15, 0.2) is 71.3 Å².